The van der Waals surface area contributed by atoms with Gasteiger partial charge in [0.1, 0.15) is 11.4 Å². The molecule has 0 spiro atoms. The summed E-state index contributed by atoms with van der Waals surface area (Å²) in [6, 6.07) is 7.20. The van der Waals surface area contributed by atoms with E-state index in [1.54, 1.807) is 43.9 Å². The smallest absolute Gasteiger partial charge is 0.311 e. The zero-order valence-corrected chi connectivity index (χ0v) is 18.9. The average Bonchev–Trinajstić information content (AvgIpc) is 3.55. The molecule has 1 amide bonds. The molecule has 0 fully saturated rings. The van der Waals surface area contributed by atoms with Gasteiger partial charge in [-0.05, 0) is 38.1 Å². The van der Waals surface area contributed by atoms with Crippen LogP contribution < -0.4 is 5.32 Å². The van der Waals surface area contributed by atoms with Gasteiger partial charge in [0, 0.05) is 5.38 Å². The Hall–Kier alpha value is -3.31. The van der Waals surface area contributed by atoms with E-state index in [0.717, 1.165) is 0 Å². The number of aromatic amines is 1. The van der Waals surface area contributed by atoms with Gasteiger partial charge in [-0.1, -0.05) is 11.8 Å². The van der Waals surface area contributed by atoms with Crippen molar-refractivity contribution in [2.45, 2.75) is 30.7 Å². The number of carbonyl (C=O) groups excluding carboxylic acids is 2. The van der Waals surface area contributed by atoms with Gasteiger partial charge in [-0.3, -0.25) is 9.59 Å². The Morgan fingerprint density at radius 1 is 1.22 bits per heavy atom. The molecule has 4 aromatic rings. The van der Waals surface area contributed by atoms with Crippen molar-refractivity contribution in [3.63, 3.8) is 0 Å². The Bertz CT molecular complexity index is 1130. The highest BCUT2D eigenvalue weighted by Crippen LogP contribution is 2.34. The Kier molecular flexibility index (Phi) is 6.76. The van der Waals surface area contributed by atoms with Crippen LogP contribution in [0.4, 0.5) is 5.13 Å². The monoisotopic (exact) mass is 472 g/mol. The molecule has 11 heteroatoms. The van der Waals surface area contributed by atoms with E-state index in [9.17, 15) is 9.59 Å². The summed E-state index contributed by atoms with van der Waals surface area (Å²) in [6.07, 6.45) is 3.22. The van der Waals surface area contributed by atoms with E-state index in [0.29, 0.717) is 45.5 Å². The standard InChI is InChI=1S/C21H20N4O5S2/c1-3-28-16(26)10-13-11-31-20(22-13)25-19(27)12(2)32-21-23-17(14-6-4-8-29-14)18(24-21)15-7-5-9-30-15/h4-9,11-12H,3,10H2,1-2H3,(H,23,24)(H,22,25,27). The SMILES string of the molecule is CCOC(=O)Cc1csc(NC(=O)C(C)Sc2nc(-c3ccco3)c(-c3ccco3)[nH]2)n1. The maximum atomic E-state index is 12.7. The second-order valence-corrected chi connectivity index (χ2v) is 8.78. The minimum Gasteiger partial charge on any atom is -0.466 e. The lowest BCUT2D eigenvalue weighted by Gasteiger charge is -2.08. The van der Waals surface area contributed by atoms with Crippen LogP contribution in [-0.2, 0) is 20.7 Å². The van der Waals surface area contributed by atoms with Crippen LogP contribution in [0, 0.1) is 0 Å². The molecule has 9 nitrogen and oxygen atoms in total. The molecule has 0 aliphatic carbocycles. The van der Waals surface area contributed by atoms with Crippen LogP contribution in [0.2, 0.25) is 0 Å². The summed E-state index contributed by atoms with van der Waals surface area (Å²) >= 11 is 2.52. The molecule has 0 aliphatic heterocycles. The number of furan rings is 2. The number of thiazole rings is 1. The molecule has 1 atom stereocenters. The minimum absolute atomic E-state index is 0.0714. The van der Waals surface area contributed by atoms with Crippen LogP contribution in [-0.4, -0.2) is 38.7 Å². The fraction of sp³-hybridized carbons (Fsp3) is 0.238. The fourth-order valence-electron chi connectivity index (χ4n) is 2.83. The first-order valence-corrected chi connectivity index (χ1v) is 11.5. The van der Waals surface area contributed by atoms with Crippen LogP contribution in [0.1, 0.15) is 19.5 Å². The number of thioether (sulfide) groups is 1. The molecule has 4 rings (SSSR count). The van der Waals surface area contributed by atoms with E-state index in [-0.39, 0.29) is 18.3 Å². The lowest BCUT2D eigenvalue weighted by Crippen LogP contribution is -2.22. The van der Waals surface area contributed by atoms with E-state index in [1.807, 2.05) is 12.1 Å². The van der Waals surface area contributed by atoms with Crippen LogP contribution in [0.5, 0.6) is 0 Å². The molecule has 4 aromatic heterocycles. The number of aromatic nitrogens is 3. The molecular weight excluding hydrogens is 452 g/mol. The Morgan fingerprint density at radius 2 is 1.97 bits per heavy atom. The molecule has 0 saturated heterocycles. The molecule has 0 saturated carbocycles. The first-order valence-electron chi connectivity index (χ1n) is 9.78. The number of hydrogen-bond donors (Lipinski definition) is 2. The molecule has 0 aromatic carbocycles. The second kappa shape index (κ2) is 9.88. The highest BCUT2D eigenvalue weighted by atomic mass is 32.2. The van der Waals surface area contributed by atoms with Crippen molar-refractivity contribution in [2.75, 3.05) is 11.9 Å². The maximum Gasteiger partial charge on any atom is 0.311 e. The van der Waals surface area contributed by atoms with E-state index >= 15 is 0 Å². The van der Waals surface area contributed by atoms with Crippen molar-refractivity contribution in [2.24, 2.45) is 0 Å². The lowest BCUT2D eigenvalue weighted by molar-refractivity contribution is -0.142. The molecular formula is C21H20N4O5S2. The van der Waals surface area contributed by atoms with Gasteiger partial charge >= 0.3 is 5.97 Å². The van der Waals surface area contributed by atoms with Gasteiger partial charge in [-0.2, -0.15) is 0 Å². The fourth-order valence-corrected chi connectivity index (χ4v) is 4.35. The zero-order valence-electron chi connectivity index (χ0n) is 17.3. The van der Waals surface area contributed by atoms with Crippen LogP contribution in [0.15, 0.2) is 56.2 Å². The normalized spacial score (nSPS) is 11.9. The Balaban J connectivity index is 1.43. The number of anilines is 1. The number of rotatable bonds is 9. The van der Waals surface area contributed by atoms with Crippen molar-refractivity contribution in [3.8, 4) is 22.9 Å². The predicted molar refractivity (Wildman–Crippen MR) is 120 cm³/mol. The van der Waals surface area contributed by atoms with Gasteiger partial charge in [0.2, 0.25) is 5.91 Å². The third kappa shape index (κ3) is 5.11. The Labute approximate surface area is 191 Å². The minimum atomic E-state index is -0.465. The second-order valence-electron chi connectivity index (χ2n) is 6.60. The molecule has 32 heavy (non-hydrogen) atoms. The van der Waals surface area contributed by atoms with E-state index < -0.39 is 5.25 Å². The van der Waals surface area contributed by atoms with Crippen molar-refractivity contribution < 1.29 is 23.2 Å². The van der Waals surface area contributed by atoms with Crippen molar-refractivity contribution in [1.29, 1.82) is 0 Å². The number of carbonyl (C=O) groups is 2. The summed E-state index contributed by atoms with van der Waals surface area (Å²) in [5.41, 5.74) is 1.83. The summed E-state index contributed by atoms with van der Waals surface area (Å²) in [5.74, 6) is 0.623. The molecule has 4 heterocycles. The summed E-state index contributed by atoms with van der Waals surface area (Å²) in [6.45, 7) is 3.84. The quantitative estimate of drug-likeness (QED) is 0.267. The molecule has 166 valence electrons. The first-order chi connectivity index (χ1) is 15.5. The lowest BCUT2D eigenvalue weighted by atomic mass is 10.2. The number of ether oxygens (including phenoxy) is 1. The highest BCUT2D eigenvalue weighted by Gasteiger charge is 2.22. The van der Waals surface area contributed by atoms with Gasteiger partial charge in [0.15, 0.2) is 21.8 Å². The molecule has 0 radical (unpaired) electrons. The molecule has 0 aliphatic rings. The summed E-state index contributed by atoms with van der Waals surface area (Å²) in [5, 5.41) is 5.01. The van der Waals surface area contributed by atoms with E-state index in [4.69, 9.17) is 13.6 Å². The van der Waals surface area contributed by atoms with Crippen molar-refractivity contribution in [3.05, 3.63) is 47.9 Å². The number of esters is 1. The number of imidazole rings is 1. The van der Waals surface area contributed by atoms with Crippen LogP contribution >= 0.6 is 23.1 Å². The number of amides is 1. The number of hydrogen-bond acceptors (Lipinski definition) is 9. The number of H-pyrrole nitrogens is 1. The maximum absolute atomic E-state index is 12.7. The highest BCUT2D eigenvalue weighted by molar-refractivity contribution is 8.00. The summed E-state index contributed by atoms with van der Waals surface area (Å²) in [4.78, 5) is 36.3. The van der Waals surface area contributed by atoms with Crippen LogP contribution in [0.3, 0.4) is 0 Å². The topological polar surface area (TPSA) is 123 Å². The van der Waals surface area contributed by atoms with Gasteiger partial charge in [0.25, 0.3) is 0 Å². The van der Waals surface area contributed by atoms with E-state index in [2.05, 4.69) is 20.3 Å². The van der Waals surface area contributed by atoms with Crippen molar-refractivity contribution >= 4 is 40.1 Å². The molecule has 2 N–H and O–H groups in total. The molecule has 1 unspecified atom stereocenters. The predicted octanol–water partition coefficient (Wildman–Crippen LogP) is 4.61. The van der Waals surface area contributed by atoms with Gasteiger partial charge in [-0.15, -0.1) is 11.3 Å². The summed E-state index contributed by atoms with van der Waals surface area (Å²) in [7, 11) is 0. The average molecular weight is 473 g/mol. The molecule has 0 bridgehead atoms. The van der Waals surface area contributed by atoms with Gasteiger partial charge in [-0.25, -0.2) is 9.97 Å². The number of nitrogens with zero attached hydrogens (tertiary/aromatic N) is 2. The van der Waals surface area contributed by atoms with Crippen molar-refractivity contribution in [1.82, 2.24) is 15.0 Å². The Morgan fingerprint density at radius 3 is 2.66 bits per heavy atom. The first kappa shape index (κ1) is 21.9. The number of nitrogens with one attached hydrogen (secondary N) is 2. The van der Waals surface area contributed by atoms with Crippen LogP contribution in [0.25, 0.3) is 22.9 Å². The van der Waals surface area contributed by atoms with Gasteiger partial charge in [0.05, 0.1) is 36.5 Å². The largest absolute Gasteiger partial charge is 0.466 e. The third-order valence-corrected chi connectivity index (χ3v) is 6.07. The van der Waals surface area contributed by atoms with Gasteiger partial charge < -0.3 is 23.9 Å². The van der Waals surface area contributed by atoms with E-state index in [1.165, 1.54) is 23.1 Å². The third-order valence-electron chi connectivity index (χ3n) is 4.27. The zero-order chi connectivity index (χ0) is 22.5. The summed E-state index contributed by atoms with van der Waals surface area (Å²) < 4.78 is 15.9.